The van der Waals surface area contributed by atoms with Crippen LogP contribution >= 0.6 is 11.6 Å². The summed E-state index contributed by atoms with van der Waals surface area (Å²) >= 11 is 5.76. The van der Waals surface area contributed by atoms with Gasteiger partial charge in [0.25, 0.3) is 0 Å². The Morgan fingerprint density at radius 1 is 1.40 bits per heavy atom. The van der Waals surface area contributed by atoms with Crippen molar-refractivity contribution >= 4 is 23.1 Å². The van der Waals surface area contributed by atoms with Gasteiger partial charge in [-0.2, -0.15) is 4.98 Å². The van der Waals surface area contributed by atoms with Crippen LogP contribution in [0.3, 0.4) is 0 Å². The van der Waals surface area contributed by atoms with Crippen molar-refractivity contribution < 1.29 is 4.92 Å². The fraction of sp³-hybridized carbons (Fsp3) is 0.250. The van der Waals surface area contributed by atoms with Gasteiger partial charge in [0.2, 0.25) is 11.1 Å². The highest BCUT2D eigenvalue weighted by molar-refractivity contribution is 6.28. The van der Waals surface area contributed by atoms with Gasteiger partial charge >= 0.3 is 5.69 Å². The van der Waals surface area contributed by atoms with E-state index in [2.05, 4.69) is 20.3 Å². The van der Waals surface area contributed by atoms with E-state index < -0.39 is 4.92 Å². The van der Waals surface area contributed by atoms with Crippen LogP contribution in [0.5, 0.6) is 0 Å². The summed E-state index contributed by atoms with van der Waals surface area (Å²) < 4.78 is 0. The highest BCUT2D eigenvalue weighted by atomic mass is 35.5. The van der Waals surface area contributed by atoms with E-state index in [9.17, 15) is 10.1 Å². The molecule has 2 rings (SSSR count). The van der Waals surface area contributed by atoms with Crippen molar-refractivity contribution in [3.63, 3.8) is 0 Å². The van der Waals surface area contributed by atoms with Crippen molar-refractivity contribution in [2.24, 2.45) is 0 Å². The van der Waals surface area contributed by atoms with Crippen LogP contribution in [0.2, 0.25) is 5.28 Å². The molecule has 0 aliphatic carbocycles. The first-order valence-electron chi connectivity index (χ1n) is 5.85. The van der Waals surface area contributed by atoms with E-state index in [1.807, 2.05) is 19.1 Å². The lowest BCUT2D eigenvalue weighted by Gasteiger charge is -2.14. The zero-order valence-corrected chi connectivity index (χ0v) is 11.6. The fourth-order valence-corrected chi connectivity index (χ4v) is 1.97. The molecule has 0 saturated carbocycles. The number of anilines is 1. The van der Waals surface area contributed by atoms with Gasteiger partial charge in [-0.15, -0.1) is 0 Å². The number of rotatable bonds is 4. The second-order valence-corrected chi connectivity index (χ2v) is 4.49. The number of aryl methyl sites for hydroxylation is 1. The van der Waals surface area contributed by atoms with Gasteiger partial charge in [-0.3, -0.25) is 15.1 Å². The molecule has 2 aromatic rings. The number of nitrogens with zero attached hydrogens (tertiary/aromatic N) is 4. The van der Waals surface area contributed by atoms with Crippen LogP contribution in [0.1, 0.15) is 24.4 Å². The molecule has 2 heterocycles. The summed E-state index contributed by atoms with van der Waals surface area (Å²) in [7, 11) is 0. The molecular formula is C12H12ClN5O2. The van der Waals surface area contributed by atoms with E-state index >= 15 is 0 Å². The van der Waals surface area contributed by atoms with Crippen molar-refractivity contribution in [2.75, 3.05) is 5.32 Å². The molecule has 8 heteroatoms. The molecule has 1 N–H and O–H groups in total. The maximum atomic E-state index is 11.1. The average Bonchev–Trinajstić information content (AvgIpc) is 2.38. The van der Waals surface area contributed by atoms with Crippen LogP contribution in [-0.2, 0) is 0 Å². The van der Waals surface area contributed by atoms with Gasteiger partial charge in [-0.05, 0) is 37.6 Å². The number of hydrogen-bond donors (Lipinski definition) is 1. The van der Waals surface area contributed by atoms with Crippen LogP contribution < -0.4 is 5.32 Å². The molecule has 0 amide bonds. The lowest BCUT2D eigenvalue weighted by molar-refractivity contribution is -0.385. The van der Waals surface area contributed by atoms with E-state index in [4.69, 9.17) is 11.6 Å². The maximum absolute atomic E-state index is 11.1. The number of nitro groups is 1. The third-order valence-electron chi connectivity index (χ3n) is 2.70. The molecule has 0 aromatic carbocycles. The predicted octanol–water partition coefficient (Wildman–Crippen LogP) is 2.91. The minimum Gasteiger partial charge on any atom is -0.356 e. The Kier molecular flexibility index (Phi) is 4.09. The summed E-state index contributed by atoms with van der Waals surface area (Å²) in [5, 5.41) is 14.0. The molecule has 2 aromatic heterocycles. The summed E-state index contributed by atoms with van der Waals surface area (Å²) in [5.74, 6) is 0.0886. The number of nitrogens with one attached hydrogen (secondary N) is 1. The quantitative estimate of drug-likeness (QED) is 0.529. The molecule has 1 unspecified atom stereocenters. The van der Waals surface area contributed by atoms with Crippen LogP contribution in [0.25, 0.3) is 0 Å². The molecule has 0 aliphatic heterocycles. The van der Waals surface area contributed by atoms with Gasteiger partial charge in [0.1, 0.15) is 5.69 Å². The van der Waals surface area contributed by atoms with E-state index in [-0.39, 0.29) is 28.5 Å². The van der Waals surface area contributed by atoms with Gasteiger partial charge < -0.3 is 5.32 Å². The van der Waals surface area contributed by atoms with E-state index in [0.717, 1.165) is 5.69 Å². The second kappa shape index (κ2) is 5.79. The fourth-order valence-electron chi connectivity index (χ4n) is 1.76. The Hall–Kier alpha value is -2.28. The second-order valence-electron chi connectivity index (χ2n) is 4.15. The Labute approximate surface area is 120 Å². The predicted molar refractivity (Wildman–Crippen MR) is 74.7 cm³/mol. The van der Waals surface area contributed by atoms with E-state index in [1.54, 1.807) is 12.3 Å². The standard InChI is InChI=1S/C12H12ClN5O2/c1-7(9-5-3-4-6-14-9)15-11-10(18(19)20)8(2)16-12(13)17-11/h3-7H,1-2H3,(H,15,16,17). The topological polar surface area (TPSA) is 93.8 Å². The smallest absolute Gasteiger partial charge is 0.332 e. The van der Waals surface area contributed by atoms with Crippen molar-refractivity contribution in [3.05, 3.63) is 51.2 Å². The molecule has 0 saturated heterocycles. The third kappa shape index (κ3) is 3.00. The maximum Gasteiger partial charge on any atom is 0.332 e. The summed E-state index contributed by atoms with van der Waals surface area (Å²) in [4.78, 5) is 22.4. The van der Waals surface area contributed by atoms with Gasteiger partial charge in [-0.1, -0.05) is 6.07 Å². The molecule has 104 valence electrons. The normalized spacial score (nSPS) is 11.9. The summed E-state index contributed by atoms with van der Waals surface area (Å²) in [5.41, 5.74) is 0.775. The van der Waals surface area contributed by atoms with Crippen LogP contribution in [0.15, 0.2) is 24.4 Å². The van der Waals surface area contributed by atoms with Crippen LogP contribution in [0, 0.1) is 17.0 Å². The van der Waals surface area contributed by atoms with Crippen molar-refractivity contribution in [1.29, 1.82) is 0 Å². The van der Waals surface area contributed by atoms with Crippen molar-refractivity contribution in [3.8, 4) is 0 Å². The van der Waals surface area contributed by atoms with Gasteiger partial charge in [0, 0.05) is 6.20 Å². The van der Waals surface area contributed by atoms with Crippen LogP contribution in [-0.4, -0.2) is 19.9 Å². The summed E-state index contributed by atoms with van der Waals surface area (Å²) in [6, 6.07) is 5.21. The number of halogens is 1. The van der Waals surface area contributed by atoms with E-state index in [1.165, 1.54) is 6.92 Å². The van der Waals surface area contributed by atoms with Gasteiger partial charge in [-0.25, -0.2) is 4.98 Å². The molecule has 0 spiro atoms. The third-order valence-corrected chi connectivity index (χ3v) is 2.87. The van der Waals surface area contributed by atoms with Crippen molar-refractivity contribution in [1.82, 2.24) is 15.0 Å². The minimum absolute atomic E-state index is 0.0381. The van der Waals surface area contributed by atoms with E-state index in [0.29, 0.717) is 0 Å². The average molecular weight is 294 g/mol. The Morgan fingerprint density at radius 3 is 2.75 bits per heavy atom. The first-order chi connectivity index (χ1) is 9.49. The molecule has 0 radical (unpaired) electrons. The zero-order valence-electron chi connectivity index (χ0n) is 10.9. The molecule has 0 fully saturated rings. The van der Waals surface area contributed by atoms with Crippen molar-refractivity contribution in [2.45, 2.75) is 19.9 Å². The molecular weight excluding hydrogens is 282 g/mol. The number of hydrogen-bond acceptors (Lipinski definition) is 6. The largest absolute Gasteiger partial charge is 0.356 e. The first-order valence-corrected chi connectivity index (χ1v) is 6.23. The molecule has 1 atom stereocenters. The molecule has 0 bridgehead atoms. The highest BCUT2D eigenvalue weighted by Crippen LogP contribution is 2.29. The highest BCUT2D eigenvalue weighted by Gasteiger charge is 2.23. The Bertz CT molecular complexity index is 635. The Balaban J connectivity index is 2.36. The molecule has 7 nitrogen and oxygen atoms in total. The van der Waals surface area contributed by atoms with Gasteiger partial charge in [0.15, 0.2) is 0 Å². The summed E-state index contributed by atoms with van der Waals surface area (Å²) in [6.45, 7) is 3.35. The van der Waals surface area contributed by atoms with Gasteiger partial charge in [0.05, 0.1) is 16.7 Å². The van der Waals surface area contributed by atoms with Crippen LogP contribution in [0.4, 0.5) is 11.5 Å². The Morgan fingerprint density at radius 2 is 2.15 bits per heavy atom. The monoisotopic (exact) mass is 293 g/mol. The SMILES string of the molecule is Cc1nc(Cl)nc(NC(C)c2ccccn2)c1[N+](=O)[O-]. The lowest BCUT2D eigenvalue weighted by Crippen LogP contribution is -2.12. The first kappa shape index (κ1) is 14.1. The lowest BCUT2D eigenvalue weighted by atomic mass is 10.2. The summed E-state index contributed by atoms with van der Waals surface area (Å²) in [6.07, 6.45) is 1.65. The number of pyridine rings is 1. The zero-order chi connectivity index (χ0) is 14.7. The minimum atomic E-state index is -0.529. The molecule has 0 aliphatic rings. The number of aromatic nitrogens is 3. The molecule has 20 heavy (non-hydrogen) atoms.